The zero-order chi connectivity index (χ0) is 18.1. The van der Waals surface area contributed by atoms with Gasteiger partial charge in [0, 0.05) is 38.3 Å². The molecule has 0 radical (unpaired) electrons. The van der Waals surface area contributed by atoms with Crippen LogP contribution in [0.15, 0.2) is 23.1 Å². The number of carbonyl (C=O) groups excluding carboxylic acids is 1. The van der Waals surface area contributed by atoms with Crippen molar-refractivity contribution in [2.24, 2.45) is 0 Å². The number of benzene rings is 1. The maximum absolute atomic E-state index is 13.1. The zero-order valence-corrected chi connectivity index (χ0v) is 15.3. The number of amides is 1. The maximum Gasteiger partial charge on any atom is 0.243 e. The summed E-state index contributed by atoms with van der Waals surface area (Å²) >= 11 is 0. The molecule has 3 heterocycles. The van der Waals surface area contributed by atoms with Gasteiger partial charge in [0.2, 0.25) is 15.9 Å². The largest absolute Gasteiger partial charge is 0.486 e. The highest BCUT2D eigenvalue weighted by Gasteiger charge is 2.35. The molecule has 9 heteroatoms. The van der Waals surface area contributed by atoms with Gasteiger partial charge in [0.15, 0.2) is 11.5 Å². The Kier molecular flexibility index (Phi) is 4.76. The molecule has 2 fully saturated rings. The number of piperidine rings is 1. The number of hydrogen-bond donors (Lipinski definition) is 1. The van der Waals surface area contributed by atoms with Crippen molar-refractivity contribution < 1.29 is 22.7 Å². The van der Waals surface area contributed by atoms with E-state index in [1.165, 1.54) is 10.4 Å². The van der Waals surface area contributed by atoms with Gasteiger partial charge in [0.25, 0.3) is 0 Å². The van der Waals surface area contributed by atoms with Crippen LogP contribution < -0.4 is 14.8 Å². The molecule has 3 aliphatic rings. The zero-order valence-electron chi connectivity index (χ0n) is 14.5. The van der Waals surface area contributed by atoms with Crippen LogP contribution in [-0.4, -0.2) is 75.5 Å². The summed E-state index contributed by atoms with van der Waals surface area (Å²) in [5.41, 5.74) is 0. The van der Waals surface area contributed by atoms with Crippen molar-refractivity contribution in [3.05, 3.63) is 18.2 Å². The SMILES string of the molecule is O=C1CNCCN1C1CCCN(S(=O)(=O)c2ccc3c(c2)OCCO3)C1. The monoisotopic (exact) mass is 381 g/mol. The fraction of sp³-hybridized carbons (Fsp3) is 0.588. The van der Waals surface area contributed by atoms with Crippen LogP contribution in [0.5, 0.6) is 11.5 Å². The summed E-state index contributed by atoms with van der Waals surface area (Å²) in [7, 11) is -3.64. The van der Waals surface area contributed by atoms with Crippen molar-refractivity contribution in [3.8, 4) is 11.5 Å². The predicted octanol–water partition coefficient (Wildman–Crippen LogP) is 0.0427. The van der Waals surface area contributed by atoms with Crippen LogP contribution >= 0.6 is 0 Å². The quantitative estimate of drug-likeness (QED) is 0.796. The second-order valence-corrected chi connectivity index (χ2v) is 8.67. The minimum atomic E-state index is -3.64. The first-order valence-electron chi connectivity index (χ1n) is 8.96. The molecule has 1 atom stereocenters. The van der Waals surface area contributed by atoms with E-state index in [-0.39, 0.29) is 16.8 Å². The van der Waals surface area contributed by atoms with Gasteiger partial charge in [-0.1, -0.05) is 0 Å². The maximum atomic E-state index is 13.1. The number of carbonyl (C=O) groups is 1. The molecule has 1 N–H and O–H groups in total. The highest BCUT2D eigenvalue weighted by atomic mass is 32.2. The molecule has 142 valence electrons. The first kappa shape index (κ1) is 17.6. The van der Waals surface area contributed by atoms with E-state index >= 15 is 0 Å². The van der Waals surface area contributed by atoms with Crippen LogP contribution in [0.25, 0.3) is 0 Å². The van der Waals surface area contributed by atoms with Crippen molar-refractivity contribution in [3.63, 3.8) is 0 Å². The van der Waals surface area contributed by atoms with E-state index in [0.717, 1.165) is 19.4 Å². The van der Waals surface area contributed by atoms with E-state index in [1.54, 1.807) is 12.1 Å². The first-order valence-corrected chi connectivity index (χ1v) is 10.4. The smallest absolute Gasteiger partial charge is 0.243 e. The average Bonchev–Trinajstić information content (AvgIpc) is 2.68. The number of nitrogens with zero attached hydrogens (tertiary/aromatic N) is 2. The summed E-state index contributed by atoms with van der Waals surface area (Å²) in [6.07, 6.45) is 1.57. The van der Waals surface area contributed by atoms with Crippen molar-refractivity contribution in [1.29, 1.82) is 0 Å². The van der Waals surface area contributed by atoms with Gasteiger partial charge in [0.1, 0.15) is 13.2 Å². The lowest BCUT2D eigenvalue weighted by atomic mass is 10.1. The van der Waals surface area contributed by atoms with Crippen molar-refractivity contribution >= 4 is 15.9 Å². The lowest BCUT2D eigenvalue weighted by Crippen LogP contribution is -2.57. The normalized spacial score (nSPS) is 24.5. The second kappa shape index (κ2) is 7.05. The van der Waals surface area contributed by atoms with Gasteiger partial charge in [-0.2, -0.15) is 4.31 Å². The lowest BCUT2D eigenvalue weighted by molar-refractivity contribution is -0.135. The van der Waals surface area contributed by atoms with Crippen molar-refractivity contribution in [2.75, 3.05) is 45.9 Å². The standard InChI is InChI=1S/C17H23N3O5S/c21-17-11-18-5-7-20(17)13-2-1-6-19(12-13)26(22,23)14-3-4-15-16(10-14)25-9-8-24-15/h3-4,10,13,18H,1-2,5-9,11-12H2. The van der Waals surface area contributed by atoms with Gasteiger partial charge < -0.3 is 19.7 Å². The number of nitrogens with one attached hydrogen (secondary N) is 1. The van der Waals surface area contributed by atoms with E-state index in [9.17, 15) is 13.2 Å². The molecule has 0 spiro atoms. The lowest BCUT2D eigenvalue weighted by Gasteiger charge is -2.40. The topological polar surface area (TPSA) is 88.2 Å². The number of hydrogen-bond acceptors (Lipinski definition) is 6. The van der Waals surface area contributed by atoms with Crippen LogP contribution in [0.1, 0.15) is 12.8 Å². The van der Waals surface area contributed by atoms with Gasteiger partial charge in [-0.05, 0) is 25.0 Å². The van der Waals surface area contributed by atoms with Gasteiger partial charge >= 0.3 is 0 Å². The molecule has 1 aromatic carbocycles. The van der Waals surface area contributed by atoms with E-state index < -0.39 is 10.0 Å². The molecule has 1 unspecified atom stereocenters. The molecule has 0 bridgehead atoms. The van der Waals surface area contributed by atoms with Gasteiger partial charge in [-0.15, -0.1) is 0 Å². The number of piperazine rings is 1. The molecule has 0 aliphatic carbocycles. The molecule has 26 heavy (non-hydrogen) atoms. The predicted molar refractivity (Wildman–Crippen MR) is 93.8 cm³/mol. The van der Waals surface area contributed by atoms with E-state index in [2.05, 4.69) is 5.32 Å². The van der Waals surface area contributed by atoms with Crippen LogP contribution in [-0.2, 0) is 14.8 Å². The Morgan fingerprint density at radius 3 is 2.73 bits per heavy atom. The Bertz CT molecular complexity index is 798. The average molecular weight is 381 g/mol. The number of rotatable bonds is 3. The third kappa shape index (κ3) is 3.26. The van der Waals surface area contributed by atoms with Crippen LogP contribution in [0.3, 0.4) is 0 Å². The summed E-state index contributed by atoms with van der Waals surface area (Å²) in [5.74, 6) is 1.07. The third-order valence-electron chi connectivity index (χ3n) is 5.08. The Morgan fingerprint density at radius 2 is 1.92 bits per heavy atom. The summed E-state index contributed by atoms with van der Waals surface area (Å²) in [4.78, 5) is 14.2. The molecule has 1 aromatic rings. The molecule has 1 amide bonds. The fourth-order valence-corrected chi connectivity index (χ4v) is 5.27. The highest BCUT2D eigenvalue weighted by molar-refractivity contribution is 7.89. The van der Waals surface area contributed by atoms with E-state index in [0.29, 0.717) is 50.9 Å². The molecule has 2 saturated heterocycles. The molecule has 0 aromatic heterocycles. The minimum absolute atomic E-state index is 0.0415. The van der Waals surface area contributed by atoms with Gasteiger partial charge in [-0.3, -0.25) is 4.79 Å². The van der Waals surface area contributed by atoms with Gasteiger partial charge in [-0.25, -0.2) is 8.42 Å². The Labute approximate surface area is 153 Å². The number of sulfonamides is 1. The second-order valence-electron chi connectivity index (χ2n) is 6.73. The summed E-state index contributed by atoms with van der Waals surface area (Å²) < 4.78 is 38.7. The molecule has 8 nitrogen and oxygen atoms in total. The third-order valence-corrected chi connectivity index (χ3v) is 6.94. The van der Waals surface area contributed by atoms with E-state index in [4.69, 9.17) is 9.47 Å². The Morgan fingerprint density at radius 1 is 1.12 bits per heavy atom. The van der Waals surface area contributed by atoms with Crippen LogP contribution in [0.4, 0.5) is 0 Å². The summed E-state index contributed by atoms with van der Waals surface area (Å²) in [6.45, 7) is 3.37. The molecule has 3 aliphatic heterocycles. The highest BCUT2D eigenvalue weighted by Crippen LogP contribution is 2.34. The van der Waals surface area contributed by atoms with E-state index in [1.807, 2.05) is 4.90 Å². The molecular weight excluding hydrogens is 358 g/mol. The number of fused-ring (bicyclic) bond motifs is 1. The number of ether oxygens (including phenoxy) is 2. The Balaban J connectivity index is 1.54. The first-order chi connectivity index (χ1) is 12.6. The fourth-order valence-electron chi connectivity index (χ4n) is 3.73. The van der Waals surface area contributed by atoms with Crippen molar-refractivity contribution in [2.45, 2.75) is 23.8 Å². The van der Waals surface area contributed by atoms with Crippen LogP contribution in [0, 0.1) is 0 Å². The molecular formula is C17H23N3O5S. The summed E-state index contributed by atoms with van der Waals surface area (Å²) in [6, 6.07) is 4.67. The van der Waals surface area contributed by atoms with Crippen molar-refractivity contribution in [1.82, 2.24) is 14.5 Å². The summed E-state index contributed by atoms with van der Waals surface area (Å²) in [5, 5.41) is 3.05. The van der Waals surface area contributed by atoms with Crippen LogP contribution in [0.2, 0.25) is 0 Å². The minimum Gasteiger partial charge on any atom is -0.486 e. The van der Waals surface area contributed by atoms with Gasteiger partial charge in [0.05, 0.1) is 11.4 Å². The Hall–Kier alpha value is -1.84. The molecule has 0 saturated carbocycles. The molecule has 4 rings (SSSR count).